The van der Waals surface area contributed by atoms with Crippen LogP contribution in [0.2, 0.25) is 0 Å². The number of fused-ring (bicyclic) bond motifs is 1. The number of carbonyl (C=O) groups excluding carboxylic acids is 1. The molecule has 2 heterocycles. The standard InChI is InChI=1S/C27H28N2O4S/c1-6-33-21-9-7-8-18(14-21)15-22-25(30)29-24(20-12-10-19(11-13-20)16(2)3)23(26(31)32-5)17(4)28-27(29)34-22/h7-16,24H,6H2,1-5H3. The van der Waals surface area contributed by atoms with Crippen LogP contribution in [0.15, 0.2) is 69.6 Å². The van der Waals surface area contributed by atoms with Crippen LogP contribution in [0.4, 0.5) is 0 Å². The Bertz CT molecular complexity index is 1430. The molecule has 0 amide bonds. The van der Waals surface area contributed by atoms with Crippen LogP contribution in [0.5, 0.6) is 5.75 Å². The van der Waals surface area contributed by atoms with Crippen molar-refractivity contribution in [2.24, 2.45) is 4.99 Å². The van der Waals surface area contributed by atoms with Gasteiger partial charge in [-0.2, -0.15) is 0 Å². The Labute approximate surface area is 202 Å². The average Bonchev–Trinajstić information content (AvgIpc) is 3.12. The number of rotatable bonds is 6. The van der Waals surface area contributed by atoms with Gasteiger partial charge in [-0.15, -0.1) is 0 Å². The minimum Gasteiger partial charge on any atom is -0.494 e. The van der Waals surface area contributed by atoms with Gasteiger partial charge in [-0.25, -0.2) is 9.79 Å². The minimum absolute atomic E-state index is 0.197. The van der Waals surface area contributed by atoms with Gasteiger partial charge in [-0.05, 0) is 54.7 Å². The van der Waals surface area contributed by atoms with Gasteiger partial charge in [0.15, 0.2) is 4.80 Å². The quantitative estimate of drug-likeness (QED) is 0.506. The summed E-state index contributed by atoms with van der Waals surface area (Å²) in [6.45, 7) is 8.53. The number of carbonyl (C=O) groups is 1. The molecule has 1 aliphatic heterocycles. The molecule has 7 heteroatoms. The van der Waals surface area contributed by atoms with Gasteiger partial charge in [0.1, 0.15) is 5.75 Å². The van der Waals surface area contributed by atoms with Gasteiger partial charge >= 0.3 is 5.97 Å². The van der Waals surface area contributed by atoms with E-state index in [1.165, 1.54) is 24.0 Å². The highest BCUT2D eigenvalue weighted by Gasteiger charge is 2.33. The largest absolute Gasteiger partial charge is 0.494 e. The number of ether oxygens (including phenoxy) is 2. The van der Waals surface area contributed by atoms with Crippen molar-refractivity contribution in [2.75, 3.05) is 13.7 Å². The number of hydrogen-bond donors (Lipinski definition) is 0. The van der Waals surface area contributed by atoms with Gasteiger partial charge in [0.05, 0.1) is 35.6 Å². The summed E-state index contributed by atoms with van der Waals surface area (Å²) in [5.41, 5.74) is 3.61. The second kappa shape index (κ2) is 9.81. The van der Waals surface area contributed by atoms with E-state index in [1.807, 2.05) is 61.5 Å². The summed E-state index contributed by atoms with van der Waals surface area (Å²) in [5, 5.41) is 0. The molecule has 1 unspecified atom stereocenters. The van der Waals surface area contributed by atoms with Gasteiger partial charge in [0, 0.05) is 0 Å². The van der Waals surface area contributed by atoms with Crippen LogP contribution in [0.25, 0.3) is 6.08 Å². The summed E-state index contributed by atoms with van der Waals surface area (Å²) in [7, 11) is 1.35. The van der Waals surface area contributed by atoms with Crippen molar-refractivity contribution in [1.82, 2.24) is 4.57 Å². The van der Waals surface area contributed by atoms with Crippen LogP contribution >= 0.6 is 11.3 Å². The predicted molar refractivity (Wildman–Crippen MR) is 134 cm³/mol. The summed E-state index contributed by atoms with van der Waals surface area (Å²) >= 11 is 1.31. The molecule has 0 saturated carbocycles. The number of benzene rings is 2. The summed E-state index contributed by atoms with van der Waals surface area (Å²) in [5.74, 6) is 0.634. The summed E-state index contributed by atoms with van der Waals surface area (Å²) in [6.07, 6.45) is 1.84. The summed E-state index contributed by atoms with van der Waals surface area (Å²) in [4.78, 5) is 31.6. The van der Waals surface area contributed by atoms with Crippen LogP contribution < -0.4 is 19.6 Å². The first-order chi connectivity index (χ1) is 16.3. The van der Waals surface area contributed by atoms with Crippen molar-refractivity contribution in [3.63, 3.8) is 0 Å². The first kappa shape index (κ1) is 23.7. The van der Waals surface area contributed by atoms with E-state index in [9.17, 15) is 9.59 Å². The number of thiazole rings is 1. The average molecular weight is 477 g/mol. The second-order valence-corrected chi connectivity index (χ2v) is 9.41. The van der Waals surface area contributed by atoms with Gasteiger partial charge in [0.25, 0.3) is 5.56 Å². The van der Waals surface area contributed by atoms with Crippen molar-refractivity contribution in [2.45, 2.75) is 39.7 Å². The first-order valence-electron chi connectivity index (χ1n) is 11.3. The Morgan fingerprint density at radius 3 is 2.59 bits per heavy atom. The normalized spacial score (nSPS) is 15.8. The number of hydrogen-bond acceptors (Lipinski definition) is 6. The topological polar surface area (TPSA) is 69.9 Å². The van der Waals surface area contributed by atoms with Crippen LogP contribution in [0.3, 0.4) is 0 Å². The molecule has 2 aromatic carbocycles. The van der Waals surface area contributed by atoms with Gasteiger partial charge < -0.3 is 9.47 Å². The monoisotopic (exact) mass is 476 g/mol. The molecule has 34 heavy (non-hydrogen) atoms. The minimum atomic E-state index is -0.609. The third-order valence-electron chi connectivity index (χ3n) is 5.81. The Morgan fingerprint density at radius 1 is 1.21 bits per heavy atom. The van der Waals surface area contributed by atoms with E-state index in [-0.39, 0.29) is 5.56 Å². The molecule has 0 saturated heterocycles. The van der Waals surface area contributed by atoms with Gasteiger partial charge in [-0.3, -0.25) is 9.36 Å². The Kier molecular flexibility index (Phi) is 6.84. The molecular formula is C27H28N2O4S. The lowest BCUT2D eigenvalue weighted by Crippen LogP contribution is -2.39. The lowest BCUT2D eigenvalue weighted by molar-refractivity contribution is -0.136. The lowest BCUT2D eigenvalue weighted by atomic mass is 9.93. The van der Waals surface area contributed by atoms with E-state index in [2.05, 4.69) is 18.8 Å². The van der Waals surface area contributed by atoms with Crippen LogP contribution in [-0.2, 0) is 9.53 Å². The van der Waals surface area contributed by atoms with Crippen LogP contribution in [0, 0.1) is 0 Å². The molecule has 0 bridgehead atoms. The Morgan fingerprint density at radius 2 is 1.94 bits per heavy atom. The Hall–Kier alpha value is -3.45. The molecule has 0 spiro atoms. The molecule has 0 radical (unpaired) electrons. The number of allylic oxidation sites excluding steroid dienone is 1. The summed E-state index contributed by atoms with van der Waals surface area (Å²) in [6, 6.07) is 15.0. The molecule has 0 aliphatic carbocycles. The maximum Gasteiger partial charge on any atom is 0.338 e. The second-order valence-electron chi connectivity index (χ2n) is 8.40. The fourth-order valence-electron chi connectivity index (χ4n) is 4.08. The van der Waals surface area contributed by atoms with Crippen molar-refractivity contribution < 1.29 is 14.3 Å². The molecule has 6 nitrogen and oxygen atoms in total. The van der Waals surface area contributed by atoms with E-state index in [4.69, 9.17) is 9.47 Å². The highest BCUT2D eigenvalue weighted by molar-refractivity contribution is 7.07. The maximum absolute atomic E-state index is 13.6. The van der Waals surface area contributed by atoms with Crippen LogP contribution in [-0.4, -0.2) is 24.3 Å². The highest BCUT2D eigenvalue weighted by atomic mass is 32.1. The van der Waals surface area contributed by atoms with E-state index < -0.39 is 12.0 Å². The van der Waals surface area contributed by atoms with Crippen molar-refractivity contribution in [1.29, 1.82) is 0 Å². The highest BCUT2D eigenvalue weighted by Crippen LogP contribution is 2.31. The van der Waals surface area contributed by atoms with Gasteiger partial charge in [0.2, 0.25) is 0 Å². The zero-order chi connectivity index (χ0) is 24.4. The molecule has 4 rings (SSSR count). The smallest absolute Gasteiger partial charge is 0.338 e. The van der Waals surface area contributed by atoms with E-state index >= 15 is 0 Å². The third-order valence-corrected chi connectivity index (χ3v) is 6.80. The zero-order valence-electron chi connectivity index (χ0n) is 20.0. The fourth-order valence-corrected chi connectivity index (χ4v) is 5.13. The molecule has 3 aromatic rings. The van der Waals surface area contributed by atoms with E-state index in [0.717, 1.165) is 16.9 Å². The molecule has 0 fully saturated rings. The summed E-state index contributed by atoms with van der Waals surface area (Å²) < 4.78 is 12.8. The number of aromatic nitrogens is 1. The molecule has 1 aromatic heterocycles. The fraction of sp³-hybridized carbons (Fsp3) is 0.296. The molecule has 0 N–H and O–H groups in total. The van der Waals surface area contributed by atoms with Crippen molar-refractivity contribution in [3.05, 3.63) is 96.2 Å². The maximum atomic E-state index is 13.6. The van der Waals surface area contributed by atoms with Crippen LogP contribution in [0.1, 0.15) is 56.3 Å². The van der Waals surface area contributed by atoms with Gasteiger partial charge in [-0.1, -0.05) is 61.6 Å². The van der Waals surface area contributed by atoms with Crippen molar-refractivity contribution >= 4 is 23.4 Å². The molecule has 1 aliphatic rings. The predicted octanol–water partition coefficient (Wildman–Crippen LogP) is 3.93. The number of esters is 1. The lowest BCUT2D eigenvalue weighted by Gasteiger charge is -2.24. The molecule has 176 valence electrons. The molecule has 1 atom stereocenters. The third kappa shape index (κ3) is 4.48. The van der Waals surface area contributed by atoms with E-state index in [1.54, 1.807) is 11.5 Å². The van der Waals surface area contributed by atoms with E-state index in [0.29, 0.717) is 33.1 Å². The van der Waals surface area contributed by atoms with Crippen molar-refractivity contribution in [3.8, 4) is 5.75 Å². The first-order valence-corrected chi connectivity index (χ1v) is 12.1. The molecular weight excluding hydrogens is 448 g/mol. The zero-order valence-corrected chi connectivity index (χ0v) is 20.8. The Balaban J connectivity index is 1.90. The SMILES string of the molecule is CCOc1cccc(C=c2sc3n(c2=O)C(c2ccc(C(C)C)cc2)C(C(=O)OC)=C(C)N=3)c1. The number of nitrogens with zero attached hydrogens (tertiary/aromatic N) is 2. The number of methoxy groups -OCH3 is 1.